The fourth-order valence-electron chi connectivity index (χ4n) is 2.59. The maximum Gasteiger partial charge on any atom is 0.501 e. The Morgan fingerprint density at radius 2 is 1.53 bits per heavy atom. The van der Waals surface area contributed by atoms with Crippen molar-refractivity contribution in [1.29, 1.82) is 0 Å². The summed E-state index contributed by atoms with van der Waals surface area (Å²) < 4.78 is 66.2. The van der Waals surface area contributed by atoms with Gasteiger partial charge in [-0.15, -0.1) is 0 Å². The van der Waals surface area contributed by atoms with E-state index in [2.05, 4.69) is 10.6 Å². The molecule has 0 atom stereocenters. The van der Waals surface area contributed by atoms with E-state index in [4.69, 9.17) is 27.9 Å². The highest BCUT2D eigenvalue weighted by molar-refractivity contribution is 7.92. The number of anilines is 1. The van der Waals surface area contributed by atoms with E-state index in [1.54, 1.807) is 12.1 Å². The lowest BCUT2D eigenvalue weighted by atomic mass is 10.2. The number of hydrogen-bond donors (Lipinski definition) is 2. The Morgan fingerprint density at radius 3 is 2.12 bits per heavy atom. The van der Waals surface area contributed by atoms with Crippen LogP contribution in [-0.4, -0.2) is 25.9 Å². The molecule has 2 N–H and O–H groups in total. The molecule has 0 aromatic heterocycles. The van der Waals surface area contributed by atoms with Gasteiger partial charge in [0.15, 0.2) is 0 Å². The summed E-state index contributed by atoms with van der Waals surface area (Å²) in [6, 6.07) is 12.9. The van der Waals surface area contributed by atoms with Crippen LogP contribution in [0.1, 0.15) is 10.4 Å². The summed E-state index contributed by atoms with van der Waals surface area (Å²) in [5.41, 5.74) is -5.12. The fraction of sp³-hybridized carbons (Fsp3) is 0.0476. The van der Waals surface area contributed by atoms with Crippen molar-refractivity contribution in [2.75, 3.05) is 5.32 Å². The third-order valence-electron chi connectivity index (χ3n) is 4.20. The molecule has 0 aliphatic carbocycles. The molecule has 13 heteroatoms. The SMILES string of the molecule is O=C(NC(=O)c1ccccc1Cl)Nc1ccc(Oc2ccc(S(=O)(=O)C(F)(F)F)cc2)c(Cl)c1. The van der Waals surface area contributed by atoms with Crippen LogP contribution in [0.15, 0.2) is 71.6 Å². The van der Waals surface area contributed by atoms with Crippen LogP contribution >= 0.6 is 23.2 Å². The molecule has 0 unspecified atom stereocenters. The minimum absolute atomic E-state index is 0.0159. The summed E-state index contributed by atoms with van der Waals surface area (Å²) >= 11 is 12.0. The highest BCUT2D eigenvalue weighted by atomic mass is 35.5. The minimum atomic E-state index is -5.48. The first-order valence-electron chi connectivity index (χ1n) is 9.14. The number of urea groups is 1. The van der Waals surface area contributed by atoms with Crippen LogP contribution in [0.2, 0.25) is 10.0 Å². The summed E-state index contributed by atoms with van der Waals surface area (Å²) in [6.07, 6.45) is 0. The zero-order chi connectivity index (χ0) is 25.1. The van der Waals surface area contributed by atoms with Crippen LogP contribution in [0.4, 0.5) is 23.7 Å². The zero-order valence-electron chi connectivity index (χ0n) is 16.7. The predicted octanol–water partition coefficient (Wildman–Crippen LogP) is 6.04. The number of benzene rings is 3. The standard InChI is InChI=1S/C21H13Cl2F3N2O5S/c22-16-4-2-1-3-15(16)19(29)28-20(30)27-12-5-10-18(17(23)11-12)33-13-6-8-14(9-7-13)34(31,32)21(24,25)26/h1-11H,(H2,27,28,29,30). The van der Waals surface area contributed by atoms with Crippen molar-refractivity contribution in [2.24, 2.45) is 0 Å². The molecule has 0 heterocycles. The number of nitrogens with one attached hydrogen (secondary N) is 2. The quantitative estimate of drug-likeness (QED) is 0.417. The van der Waals surface area contributed by atoms with Gasteiger partial charge in [-0.3, -0.25) is 10.1 Å². The Balaban J connectivity index is 1.66. The second-order valence-electron chi connectivity index (χ2n) is 6.56. The van der Waals surface area contributed by atoms with Gasteiger partial charge in [0.05, 0.1) is 20.5 Å². The normalized spacial score (nSPS) is 11.6. The molecule has 0 saturated heterocycles. The van der Waals surface area contributed by atoms with Gasteiger partial charge in [-0.2, -0.15) is 13.2 Å². The number of ether oxygens (including phenoxy) is 1. The smallest absolute Gasteiger partial charge is 0.456 e. The molecule has 0 bridgehead atoms. The van der Waals surface area contributed by atoms with Crippen LogP contribution in [0.25, 0.3) is 0 Å². The van der Waals surface area contributed by atoms with Crippen molar-refractivity contribution in [3.8, 4) is 11.5 Å². The molecule has 3 aromatic carbocycles. The Morgan fingerprint density at radius 1 is 0.882 bits per heavy atom. The number of rotatable bonds is 5. The molecule has 0 radical (unpaired) electrons. The van der Waals surface area contributed by atoms with Crippen LogP contribution in [0.3, 0.4) is 0 Å². The number of hydrogen-bond acceptors (Lipinski definition) is 5. The monoisotopic (exact) mass is 532 g/mol. The van der Waals surface area contributed by atoms with E-state index in [0.29, 0.717) is 0 Å². The molecule has 0 aliphatic rings. The largest absolute Gasteiger partial charge is 0.501 e. The number of amides is 3. The average molecular weight is 533 g/mol. The van der Waals surface area contributed by atoms with Crippen LogP contribution in [-0.2, 0) is 9.84 Å². The molecule has 0 fully saturated rings. The van der Waals surface area contributed by atoms with Crippen LogP contribution < -0.4 is 15.4 Å². The van der Waals surface area contributed by atoms with E-state index in [0.717, 1.165) is 24.3 Å². The summed E-state index contributed by atoms with van der Waals surface area (Å²) in [5, 5.41) is 4.70. The van der Waals surface area contributed by atoms with Gasteiger partial charge in [0.1, 0.15) is 11.5 Å². The molecule has 7 nitrogen and oxygen atoms in total. The summed E-state index contributed by atoms with van der Waals surface area (Å²) in [4.78, 5) is 23.3. The van der Waals surface area contributed by atoms with Gasteiger partial charge in [-0.1, -0.05) is 35.3 Å². The van der Waals surface area contributed by atoms with E-state index >= 15 is 0 Å². The first-order chi connectivity index (χ1) is 15.9. The molecule has 0 saturated carbocycles. The van der Waals surface area contributed by atoms with Gasteiger partial charge in [0.25, 0.3) is 15.7 Å². The van der Waals surface area contributed by atoms with Crippen LogP contribution in [0, 0.1) is 0 Å². The summed E-state index contributed by atoms with van der Waals surface area (Å²) in [7, 11) is -5.48. The first kappa shape index (κ1) is 25.3. The van der Waals surface area contributed by atoms with E-state index in [-0.39, 0.29) is 32.8 Å². The van der Waals surface area contributed by atoms with Gasteiger partial charge in [0, 0.05) is 5.69 Å². The molecule has 0 aliphatic heterocycles. The highest BCUT2D eigenvalue weighted by Gasteiger charge is 2.46. The molecular formula is C21H13Cl2F3N2O5S. The lowest BCUT2D eigenvalue weighted by Crippen LogP contribution is -2.34. The Bertz CT molecular complexity index is 1350. The maximum atomic E-state index is 12.6. The van der Waals surface area contributed by atoms with E-state index in [1.165, 1.54) is 30.3 Å². The Labute approximate surface area is 201 Å². The van der Waals surface area contributed by atoms with Crippen molar-refractivity contribution in [3.05, 3.63) is 82.3 Å². The topological polar surface area (TPSA) is 102 Å². The third-order valence-corrected chi connectivity index (χ3v) is 6.33. The number of alkyl halides is 3. The van der Waals surface area contributed by atoms with E-state index in [1.807, 2.05) is 0 Å². The Hall–Kier alpha value is -3.28. The summed E-state index contributed by atoms with van der Waals surface area (Å²) in [6.45, 7) is 0. The number of carbonyl (C=O) groups is 2. The number of carbonyl (C=O) groups excluding carboxylic acids is 2. The molecule has 3 amide bonds. The van der Waals surface area contributed by atoms with Gasteiger partial charge in [-0.25, -0.2) is 13.2 Å². The van der Waals surface area contributed by atoms with Crippen molar-refractivity contribution in [3.63, 3.8) is 0 Å². The highest BCUT2D eigenvalue weighted by Crippen LogP contribution is 2.34. The lowest BCUT2D eigenvalue weighted by Gasteiger charge is -2.12. The fourth-order valence-corrected chi connectivity index (χ4v) is 3.79. The third kappa shape index (κ3) is 5.79. The van der Waals surface area contributed by atoms with Gasteiger partial charge in [0.2, 0.25) is 0 Å². The molecule has 34 heavy (non-hydrogen) atoms. The van der Waals surface area contributed by atoms with Crippen molar-refractivity contribution in [2.45, 2.75) is 10.4 Å². The van der Waals surface area contributed by atoms with E-state index < -0.39 is 32.2 Å². The number of halogens is 5. The second kappa shape index (κ2) is 9.92. The van der Waals surface area contributed by atoms with Crippen molar-refractivity contribution in [1.82, 2.24) is 5.32 Å². The number of imide groups is 1. The van der Waals surface area contributed by atoms with Gasteiger partial charge in [-0.05, 0) is 54.6 Å². The average Bonchev–Trinajstić information content (AvgIpc) is 2.75. The molecule has 3 rings (SSSR count). The van der Waals surface area contributed by atoms with Crippen LogP contribution in [0.5, 0.6) is 11.5 Å². The molecule has 3 aromatic rings. The zero-order valence-corrected chi connectivity index (χ0v) is 19.0. The second-order valence-corrected chi connectivity index (χ2v) is 9.31. The molecule has 0 spiro atoms. The van der Waals surface area contributed by atoms with E-state index in [9.17, 15) is 31.2 Å². The number of sulfone groups is 1. The first-order valence-corrected chi connectivity index (χ1v) is 11.4. The van der Waals surface area contributed by atoms with Gasteiger partial charge >= 0.3 is 11.5 Å². The van der Waals surface area contributed by atoms with Gasteiger partial charge < -0.3 is 10.1 Å². The van der Waals surface area contributed by atoms with Crippen molar-refractivity contribution < 1.29 is 35.9 Å². The summed E-state index contributed by atoms with van der Waals surface area (Å²) in [5.74, 6) is -0.622. The minimum Gasteiger partial charge on any atom is -0.456 e. The molecule has 178 valence electrons. The molecular weight excluding hydrogens is 520 g/mol. The Kier molecular flexibility index (Phi) is 7.39. The van der Waals surface area contributed by atoms with Crippen molar-refractivity contribution >= 4 is 50.7 Å². The lowest BCUT2D eigenvalue weighted by molar-refractivity contribution is -0.0436. The predicted molar refractivity (Wildman–Crippen MR) is 119 cm³/mol. The maximum absolute atomic E-state index is 12.6.